The molecule has 226 valence electrons. The van der Waals surface area contributed by atoms with Crippen molar-refractivity contribution in [2.75, 3.05) is 6.26 Å². The predicted molar refractivity (Wildman–Crippen MR) is 148 cm³/mol. The molecule has 1 aliphatic carbocycles. The topological polar surface area (TPSA) is 94.0 Å². The summed E-state index contributed by atoms with van der Waals surface area (Å²) in [5.74, 6) is -2.31. The van der Waals surface area contributed by atoms with Crippen molar-refractivity contribution in [2.24, 2.45) is 0 Å². The van der Waals surface area contributed by atoms with E-state index in [1.54, 1.807) is 24.3 Å². The van der Waals surface area contributed by atoms with E-state index in [9.17, 15) is 35.2 Å². The van der Waals surface area contributed by atoms with Crippen LogP contribution < -0.4 is 5.32 Å². The number of carbonyl (C=O) groups excluding carboxylic acids is 1. The van der Waals surface area contributed by atoms with Crippen molar-refractivity contribution in [3.8, 4) is 11.1 Å². The maximum absolute atomic E-state index is 14.1. The monoisotopic (exact) mass is 618 g/mol. The number of alkyl halides is 3. The van der Waals surface area contributed by atoms with E-state index in [2.05, 4.69) is 15.4 Å². The van der Waals surface area contributed by atoms with E-state index in [0.717, 1.165) is 23.1 Å². The number of benzene rings is 2. The van der Waals surface area contributed by atoms with Gasteiger partial charge in [0, 0.05) is 35.3 Å². The lowest BCUT2D eigenvalue weighted by Crippen LogP contribution is -2.34. The average Bonchev–Trinajstić information content (AvgIpc) is 3.31. The zero-order valence-corrected chi connectivity index (χ0v) is 23.8. The minimum Gasteiger partial charge on any atom is -0.346 e. The summed E-state index contributed by atoms with van der Waals surface area (Å²) in [4.78, 5) is 17.9. The van der Waals surface area contributed by atoms with Crippen LogP contribution in [0.4, 0.5) is 22.0 Å². The van der Waals surface area contributed by atoms with Gasteiger partial charge in [-0.05, 0) is 73.6 Å². The molecule has 0 aliphatic heterocycles. The first kappa shape index (κ1) is 30.3. The Morgan fingerprint density at radius 3 is 2.35 bits per heavy atom. The van der Waals surface area contributed by atoms with Crippen molar-refractivity contribution in [2.45, 2.75) is 55.8 Å². The number of amides is 1. The summed E-state index contributed by atoms with van der Waals surface area (Å²) in [7, 11) is -3.46. The SMILES string of the molecule is CS(=O)(=O)c1ccc(-c2cccnc2[C@H](Cc2cc(F)cc(F)c2)NC(=O)Cn2nc(C(F)(F)F)c3c2CCCC3)cc1. The van der Waals surface area contributed by atoms with Crippen LogP contribution in [0, 0.1) is 11.6 Å². The number of nitrogens with zero attached hydrogens (tertiary/aromatic N) is 3. The Hall–Kier alpha value is -4.13. The maximum atomic E-state index is 14.1. The minimum atomic E-state index is -4.66. The van der Waals surface area contributed by atoms with Crippen molar-refractivity contribution >= 4 is 15.7 Å². The van der Waals surface area contributed by atoms with Gasteiger partial charge in [-0.3, -0.25) is 14.5 Å². The number of rotatable bonds is 8. The van der Waals surface area contributed by atoms with Crippen LogP contribution in [0.25, 0.3) is 11.1 Å². The minimum absolute atomic E-state index is 0.0996. The number of pyridine rings is 1. The number of hydrogen-bond acceptors (Lipinski definition) is 5. The molecule has 2 aromatic heterocycles. The molecule has 0 bridgehead atoms. The molecule has 13 heteroatoms. The Labute approximate surface area is 244 Å². The van der Waals surface area contributed by atoms with Crippen molar-refractivity contribution in [1.82, 2.24) is 20.1 Å². The first-order valence-electron chi connectivity index (χ1n) is 13.4. The molecule has 1 atom stereocenters. The summed E-state index contributed by atoms with van der Waals surface area (Å²) in [6.45, 7) is -0.502. The Morgan fingerprint density at radius 1 is 1.02 bits per heavy atom. The first-order chi connectivity index (χ1) is 20.3. The Morgan fingerprint density at radius 2 is 1.70 bits per heavy atom. The van der Waals surface area contributed by atoms with Gasteiger partial charge in [0.05, 0.1) is 16.6 Å². The van der Waals surface area contributed by atoms with E-state index in [4.69, 9.17) is 0 Å². The van der Waals surface area contributed by atoms with Crippen molar-refractivity contribution in [1.29, 1.82) is 0 Å². The number of fused-ring (bicyclic) bond motifs is 1. The van der Waals surface area contributed by atoms with Crippen LogP contribution in [0.5, 0.6) is 0 Å². The smallest absolute Gasteiger partial charge is 0.346 e. The van der Waals surface area contributed by atoms with Gasteiger partial charge in [-0.25, -0.2) is 17.2 Å². The van der Waals surface area contributed by atoms with Crippen LogP contribution in [-0.4, -0.2) is 35.3 Å². The van der Waals surface area contributed by atoms with Crippen molar-refractivity contribution < 1.29 is 35.2 Å². The van der Waals surface area contributed by atoms with Gasteiger partial charge in [-0.2, -0.15) is 18.3 Å². The van der Waals surface area contributed by atoms with Crippen LogP contribution in [0.1, 0.15) is 47.1 Å². The van der Waals surface area contributed by atoms with E-state index in [-0.39, 0.29) is 28.9 Å². The zero-order valence-electron chi connectivity index (χ0n) is 23.0. The molecule has 5 rings (SSSR count). The molecule has 0 fully saturated rings. The van der Waals surface area contributed by atoms with Crippen LogP contribution in [0.3, 0.4) is 0 Å². The second-order valence-corrected chi connectivity index (χ2v) is 12.5. The highest BCUT2D eigenvalue weighted by Crippen LogP contribution is 2.36. The molecule has 7 nitrogen and oxygen atoms in total. The Balaban J connectivity index is 1.50. The molecule has 1 amide bonds. The highest BCUT2D eigenvalue weighted by Gasteiger charge is 2.39. The van der Waals surface area contributed by atoms with E-state index >= 15 is 0 Å². The lowest BCUT2D eigenvalue weighted by Gasteiger charge is -2.22. The Kier molecular flexibility index (Phi) is 8.37. The quantitative estimate of drug-likeness (QED) is 0.259. The maximum Gasteiger partial charge on any atom is 0.435 e. The number of hydrogen-bond donors (Lipinski definition) is 1. The van der Waals surface area contributed by atoms with Gasteiger partial charge in [0.25, 0.3) is 0 Å². The van der Waals surface area contributed by atoms with E-state index < -0.39 is 51.8 Å². The molecule has 2 heterocycles. The summed E-state index contributed by atoms with van der Waals surface area (Å²) >= 11 is 0. The van der Waals surface area contributed by atoms with Gasteiger partial charge in [0.15, 0.2) is 15.5 Å². The van der Waals surface area contributed by atoms with Crippen LogP contribution >= 0.6 is 0 Å². The van der Waals surface area contributed by atoms with Gasteiger partial charge >= 0.3 is 6.18 Å². The fraction of sp³-hybridized carbons (Fsp3) is 0.300. The second-order valence-electron chi connectivity index (χ2n) is 10.5. The summed E-state index contributed by atoms with van der Waals surface area (Å²) in [6.07, 6.45) is -0.390. The van der Waals surface area contributed by atoms with Crippen LogP contribution in [-0.2, 0) is 46.6 Å². The van der Waals surface area contributed by atoms with Crippen molar-refractivity contribution in [3.05, 3.63) is 101 Å². The molecule has 0 unspecified atom stereocenters. The third-order valence-electron chi connectivity index (χ3n) is 7.28. The molecule has 0 spiro atoms. The molecule has 0 saturated carbocycles. The van der Waals surface area contributed by atoms with Crippen molar-refractivity contribution in [3.63, 3.8) is 0 Å². The zero-order chi connectivity index (χ0) is 30.9. The number of carbonyl (C=O) groups is 1. The van der Waals surface area contributed by atoms with Gasteiger partial charge in [-0.15, -0.1) is 0 Å². The van der Waals surface area contributed by atoms with Gasteiger partial charge in [0.2, 0.25) is 5.91 Å². The molecule has 0 saturated heterocycles. The van der Waals surface area contributed by atoms with Gasteiger partial charge in [0.1, 0.15) is 18.2 Å². The molecular formula is C30H27F5N4O3S. The third-order valence-corrected chi connectivity index (χ3v) is 8.41. The first-order valence-corrected chi connectivity index (χ1v) is 15.3. The second kappa shape index (κ2) is 11.9. The molecule has 0 radical (unpaired) electrons. The third kappa shape index (κ3) is 6.93. The molecular weight excluding hydrogens is 591 g/mol. The number of nitrogens with one attached hydrogen (secondary N) is 1. The summed E-state index contributed by atoms with van der Waals surface area (Å²) in [5.41, 5.74) is 1.07. The van der Waals surface area contributed by atoms with E-state index in [1.807, 2.05) is 0 Å². The van der Waals surface area contributed by atoms with Crippen LogP contribution in [0.15, 0.2) is 65.7 Å². The Bertz CT molecular complexity index is 1750. The fourth-order valence-corrected chi connectivity index (χ4v) is 6.04. The normalized spacial score (nSPS) is 14.3. The molecule has 1 aliphatic rings. The summed E-state index contributed by atoms with van der Waals surface area (Å²) < 4.78 is 94.2. The fourth-order valence-electron chi connectivity index (χ4n) is 5.41. The lowest BCUT2D eigenvalue weighted by molar-refractivity contribution is -0.142. The summed E-state index contributed by atoms with van der Waals surface area (Å²) in [6, 6.07) is 11.3. The predicted octanol–water partition coefficient (Wildman–Crippen LogP) is 5.62. The number of aromatic nitrogens is 3. The molecule has 1 N–H and O–H groups in total. The molecule has 2 aromatic carbocycles. The lowest BCUT2D eigenvalue weighted by atomic mass is 9.95. The average molecular weight is 619 g/mol. The number of sulfone groups is 1. The molecule has 4 aromatic rings. The van der Waals surface area contributed by atoms with Gasteiger partial charge in [-0.1, -0.05) is 18.2 Å². The molecule has 43 heavy (non-hydrogen) atoms. The van der Waals surface area contributed by atoms with Crippen LogP contribution in [0.2, 0.25) is 0 Å². The largest absolute Gasteiger partial charge is 0.435 e. The van der Waals surface area contributed by atoms with E-state index in [1.165, 1.54) is 18.3 Å². The highest BCUT2D eigenvalue weighted by atomic mass is 32.2. The number of halogens is 5. The highest BCUT2D eigenvalue weighted by molar-refractivity contribution is 7.90. The van der Waals surface area contributed by atoms with E-state index in [0.29, 0.717) is 47.8 Å². The summed E-state index contributed by atoms with van der Waals surface area (Å²) in [5, 5.41) is 6.54. The van der Waals surface area contributed by atoms with Gasteiger partial charge < -0.3 is 5.32 Å². The standard InChI is InChI=1S/C30H27F5N4O3S/c1-43(41,42)22-10-8-19(9-11-22)23-6-4-12-36-28(23)25(15-18-13-20(31)16-21(32)14-18)37-27(40)17-39-26-7-3-2-5-24(26)29(38-39)30(33,34)35/h4,6,8-14,16,25H,2-3,5,7,15,17H2,1H3,(H,37,40)/t25-/m0/s1.